The van der Waals surface area contributed by atoms with E-state index in [4.69, 9.17) is 5.73 Å². The molecule has 1 unspecified atom stereocenters. The highest BCUT2D eigenvalue weighted by Crippen LogP contribution is 2.24. The summed E-state index contributed by atoms with van der Waals surface area (Å²) in [5.74, 6) is 0.929. The predicted octanol–water partition coefficient (Wildman–Crippen LogP) is 3.47. The average Bonchev–Trinajstić information content (AvgIpc) is 2.18. The van der Waals surface area contributed by atoms with Gasteiger partial charge in [-0.3, -0.25) is 0 Å². The normalized spacial score (nSPS) is 31.8. The van der Waals surface area contributed by atoms with E-state index < -0.39 is 0 Å². The lowest BCUT2D eigenvalue weighted by atomic mass is 9.91. The standard InChI is InChI=1S/C12H25N/c1-2-7-11-8-5-3-4-6-9-12(13)10-11/h11-12H,2-10,13H2,1H3/t11-,12?/m1/s1. The highest BCUT2D eigenvalue weighted by molar-refractivity contribution is 4.70. The second-order valence-electron chi connectivity index (χ2n) is 4.64. The van der Waals surface area contributed by atoms with E-state index in [-0.39, 0.29) is 0 Å². The number of hydrogen-bond donors (Lipinski definition) is 1. The summed E-state index contributed by atoms with van der Waals surface area (Å²) in [7, 11) is 0. The molecule has 0 radical (unpaired) electrons. The van der Waals surface area contributed by atoms with Gasteiger partial charge in [0.1, 0.15) is 0 Å². The Kier molecular flexibility index (Phi) is 5.45. The maximum absolute atomic E-state index is 6.09. The molecule has 0 amide bonds. The van der Waals surface area contributed by atoms with Crippen LogP contribution in [0.15, 0.2) is 0 Å². The van der Waals surface area contributed by atoms with Crippen molar-refractivity contribution in [1.29, 1.82) is 0 Å². The van der Waals surface area contributed by atoms with E-state index >= 15 is 0 Å². The molecule has 13 heavy (non-hydrogen) atoms. The van der Waals surface area contributed by atoms with Crippen LogP contribution in [0.3, 0.4) is 0 Å². The molecule has 1 nitrogen and oxygen atoms in total. The fourth-order valence-electron chi connectivity index (χ4n) is 2.53. The van der Waals surface area contributed by atoms with Gasteiger partial charge in [-0.2, -0.15) is 0 Å². The maximum Gasteiger partial charge on any atom is 0.00414 e. The van der Waals surface area contributed by atoms with Crippen molar-refractivity contribution < 1.29 is 0 Å². The Balaban J connectivity index is 2.32. The Morgan fingerprint density at radius 1 is 1.08 bits per heavy atom. The zero-order chi connectivity index (χ0) is 9.52. The third kappa shape index (κ3) is 4.66. The Morgan fingerprint density at radius 2 is 1.77 bits per heavy atom. The van der Waals surface area contributed by atoms with E-state index in [0.717, 1.165) is 5.92 Å². The molecule has 0 bridgehead atoms. The van der Waals surface area contributed by atoms with Crippen molar-refractivity contribution in [2.75, 3.05) is 0 Å². The van der Waals surface area contributed by atoms with E-state index in [9.17, 15) is 0 Å². The Morgan fingerprint density at radius 3 is 2.46 bits per heavy atom. The van der Waals surface area contributed by atoms with Crippen molar-refractivity contribution in [1.82, 2.24) is 0 Å². The molecule has 0 aromatic rings. The molecule has 78 valence electrons. The van der Waals surface area contributed by atoms with E-state index in [0.29, 0.717) is 6.04 Å². The van der Waals surface area contributed by atoms with Crippen molar-refractivity contribution >= 4 is 0 Å². The highest BCUT2D eigenvalue weighted by Gasteiger charge is 2.14. The molecule has 2 atom stereocenters. The van der Waals surface area contributed by atoms with Gasteiger partial charge in [0.25, 0.3) is 0 Å². The lowest BCUT2D eigenvalue weighted by molar-refractivity contribution is 0.371. The molecule has 2 N–H and O–H groups in total. The third-order valence-corrected chi connectivity index (χ3v) is 3.27. The van der Waals surface area contributed by atoms with Crippen molar-refractivity contribution in [3.05, 3.63) is 0 Å². The molecule has 0 aromatic heterocycles. The molecular formula is C12H25N. The van der Waals surface area contributed by atoms with Crippen molar-refractivity contribution in [3.8, 4) is 0 Å². The lowest BCUT2D eigenvalue weighted by Gasteiger charge is -2.18. The van der Waals surface area contributed by atoms with Gasteiger partial charge in [0.05, 0.1) is 0 Å². The SMILES string of the molecule is CCC[C@@H]1CCCCCCC(N)C1. The highest BCUT2D eigenvalue weighted by atomic mass is 14.6. The van der Waals surface area contributed by atoms with Crippen molar-refractivity contribution in [2.24, 2.45) is 11.7 Å². The Bertz CT molecular complexity index is 122. The van der Waals surface area contributed by atoms with Crippen LogP contribution in [0.2, 0.25) is 0 Å². The summed E-state index contributed by atoms with van der Waals surface area (Å²) in [5.41, 5.74) is 6.09. The second kappa shape index (κ2) is 6.42. The lowest BCUT2D eigenvalue weighted by Crippen LogP contribution is -2.23. The number of hydrogen-bond acceptors (Lipinski definition) is 1. The first-order valence-corrected chi connectivity index (χ1v) is 6.08. The predicted molar refractivity (Wildman–Crippen MR) is 58.7 cm³/mol. The monoisotopic (exact) mass is 183 g/mol. The minimum Gasteiger partial charge on any atom is -0.328 e. The minimum atomic E-state index is 0.495. The summed E-state index contributed by atoms with van der Waals surface area (Å²) in [6.45, 7) is 2.29. The van der Waals surface area contributed by atoms with Crippen LogP contribution < -0.4 is 5.73 Å². The van der Waals surface area contributed by atoms with Gasteiger partial charge in [-0.05, 0) is 18.8 Å². The first-order valence-electron chi connectivity index (χ1n) is 6.08. The van der Waals surface area contributed by atoms with E-state index in [1.54, 1.807) is 0 Å². The molecule has 1 saturated carbocycles. The van der Waals surface area contributed by atoms with Crippen LogP contribution in [0.1, 0.15) is 64.7 Å². The van der Waals surface area contributed by atoms with Gasteiger partial charge in [0, 0.05) is 6.04 Å². The minimum absolute atomic E-state index is 0.495. The van der Waals surface area contributed by atoms with Gasteiger partial charge in [-0.15, -0.1) is 0 Å². The topological polar surface area (TPSA) is 26.0 Å². The van der Waals surface area contributed by atoms with Crippen LogP contribution in [-0.4, -0.2) is 6.04 Å². The quantitative estimate of drug-likeness (QED) is 0.697. The average molecular weight is 183 g/mol. The molecule has 1 fully saturated rings. The first kappa shape index (κ1) is 11.0. The number of nitrogens with two attached hydrogens (primary N) is 1. The molecule has 1 heteroatoms. The summed E-state index contributed by atoms with van der Waals surface area (Å²) in [6, 6.07) is 0.495. The summed E-state index contributed by atoms with van der Waals surface area (Å²) < 4.78 is 0. The number of rotatable bonds is 2. The zero-order valence-corrected chi connectivity index (χ0v) is 9.10. The molecule has 0 aliphatic heterocycles. The zero-order valence-electron chi connectivity index (χ0n) is 9.10. The second-order valence-corrected chi connectivity index (χ2v) is 4.64. The summed E-state index contributed by atoms with van der Waals surface area (Å²) >= 11 is 0. The molecule has 1 aliphatic carbocycles. The van der Waals surface area contributed by atoms with Crippen LogP contribution in [0.5, 0.6) is 0 Å². The molecule has 0 heterocycles. The van der Waals surface area contributed by atoms with E-state index in [1.165, 1.54) is 57.8 Å². The summed E-state index contributed by atoms with van der Waals surface area (Å²) in [4.78, 5) is 0. The van der Waals surface area contributed by atoms with Crippen LogP contribution in [-0.2, 0) is 0 Å². The fourth-order valence-corrected chi connectivity index (χ4v) is 2.53. The smallest absolute Gasteiger partial charge is 0.00414 e. The van der Waals surface area contributed by atoms with Gasteiger partial charge < -0.3 is 5.73 Å². The molecule has 0 aromatic carbocycles. The van der Waals surface area contributed by atoms with Crippen molar-refractivity contribution in [2.45, 2.75) is 70.8 Å². The summed E-state index contributed by atoms with van der Waals surface area (Å²) in [6.07, 6.45) is 12.4. The van der Waals surface area contributed by atoms with Gasteiger partial charge in [-0.1, -0.05) is 51.9 Å². The van der Waals surface area contributed by atoms with Gasteiger partial charge >= 0.3 is 0 Å². The maximum atomic E-state index is 6.09. The fraction of sp³-hybridized carbons (Fsp3) is 1.00. The van der Waals surface area contributed by atoms with Crippen LogP contribution >= 0.6 is 0 Å². The van der Waals surface area contributed by atoms with Gasteiger partial charge in [0.15, 0.2) is 0 Å². The van der Waals surface area contributed by atoms with E-state index in [1.807, 2.05) is 0 Å². The molecule has 1 rings (SSSR count). The summed E-state index contributed by atoms with van der Waals surface area (Å²) in [5, 5.41) is 0. The van der Waals surface area contributed by atoms with Crippen LogP contribution in [0, 0.1) is 5.92 Å². The molecule has 0 spiro atoms. The molecular weight excluding hydrogens is 158 g/mol. The largest absolute Gasteiger partial charge is 0.328 e. The third-order valence-electron chi connectivity index (χ3n) is 3.27. The Labute approximate surface area is 83.1 Å². The molecule has 0 saturated heterocycles. The van der Waals surface area contributed by atoms with Gasteiger partial charge in [0.2, 0.25) is 0 Å². The van der Waals surface area contributed by atoms with Crippen LogP contribution in [0.4, 0.5) is 0 Å². The molecule has 1 aliphatic rings. The van der Waals surface area contributed by atoms with Crippen molar-refractivity contribution in [3.63, 3.8) is 0 Å². The van der Waals surface area contributed by atoms with Gasteiger partial charge in [-0.25, -0.2) is 0 Å². The first-order chi connectivity index (χ1) is 6.33. The van der Waals surface area contributed by atoms with Crippen LogP contribution in [0.25, 0.3) is 0 Å². The van der Waals surface area contributed by atoms with E-state index in [2.05, 4.69) is 6.92 Å². The Hall–Kier alpha value is -0.0400.